The highest BCUT2D eigenvalue weighted by atomic mass is 35.5. The molecule has 0 saturated heterocycles. The quantitative estimate of drug-likeness (QED) is 0.497. The zero-order valence-corrected chi connectivity index (χ0v) is 16.3. The van der Waals surface area contributed by atoms with Crippen molar-refractivity contribution in [2.24, 2.45) is 0 Å². The molecule has 4 aromatic rings. The molecular formula is C18H19Cl2FN6. The van der Waals surface area contributed by atoms with E-state index in [4.69, 9.17) is 4.98 Å². The van der Waals surface area contributed by atoms with Crippen LogP contribution in [0.4, 0.5) is 4.39 Å². The molecule has 0 N–H and O–H groups in total. The number of fused-ring (bicyclic) bond motifs is 1. The average molecular weight is 409 g/mol. The van der Waals surface area contributed by atoms with Crippen LogP contribution in [0.3, 0.4) is 0 Å². The summed E-state index contributed by atoms with van der Waals surface area (Å²) in [4.78, 5) is 17.6. The van der Waals surface area contributed by atoms with E-state index in [2.05, 4.69) is 26.4 Å². The van der Waals surface area contributed by atoms with Gasteiger partial charge in [0.05, 0.1) is 6.54 Å². The Morgan fingerprint density at radius 2 is 1.78 bits per heavy atom. The van der Waals surface area contributed by atoms with Crippen molar-refractivity contribution in [3.63, 3.8) is 0 Å². The van der Waals surface area contributed by atoms with Crippen LogP contribution in [0.5, 0.6) is 0 Å². The minimum atomic E-state index is -0.390. The second-order valence-electron chi connectivity index (χ2n) is 5.74. The molecule has 0 fully saturated rings. The number of halogens is 3. The van der Waals surface area contributed by atoms with Crippen LogP contribution in [0.1, 0.15) is 19.2 Å². The van der Waals surface area contributed by atoms with Crippen molar-refractivity contribution < 1.29 is 4.39 Å². The Morgan fingerprint density at radius 3 is 2.56 bits per heavy atom. The zero-order valence-electron chi connectivity index (χ0n) is 14.6. The Hall–Kier alpha value is -2.51. The van der Waals surface area contributed by atoms with Gasteiger partial charge >= 0.3 is 0 Å². The molecule has 6 nitrogen and oxygen atoms in total. The summed E-state index contributed by atoms with van der Waals surface area (Å²) in [6, 6.07) is 6.78. The summed E-state index contributed by atoms with van der Waals surface area (Å²) >= 11 is 0. The minimum Gasteiger partial charge on any atom is -0.322 e. The molecule has 0 aliphatic carbocycles. The molecule has 4 rings (SSSR count). The van der Waals surface area contributed by atoms with E-state index >= 15 is 0 Å². The maximum atomic E-state index is 14.1. The Morgan fingerprint density at radius 1 is 1.00 bits per heavy atom. The van der Waals surface area contributed by atoms with Gasteiger partial charge in [0.2, 0.25) is 0 Å². The maximum absolute atomic E-state index is 14.1. The molecule has 0 bridgehead atoms. The lowest BCUT2D eigenvalue weighted by atomic mass is 10.3. The first-order valence-corrected chi connectivity index (χ1v) is 8.20. The third-order valence-corrected chi connectivity index (χ3v) is 4.03. The molecule has 0 aliphatic heterocycles. The predicted molar refractivity (Wildman–Crippen MR) is 107 cm³/mol. The van der Waals surface area contributed by atoms with Crippen molar-refractivity contribution in [2.45, 2.75) is 26.4 Å². The molecule has 142 valence electrons. The molecule has 0 radical (unpaired) electrons. The van der Waals surface area contributed by atoms with Crippen molar-refractivity contribution in [1.29, 1.82) is 0 Å². The summed E-state index contributed by atoms with van der Waals surface area (Å²) in [6.07, 6.45) is 7.77. The Bertz CT molecular complexity index is 1030. The van der Waals surface area contributed by atoms with Crippen molar-refractivity contribution in [3.8, 4) is 11.5 Å². The fourth-order valence-corrected chi connectivity index (χ4v) is 2.94. The molecule has 4 heterocycles. The highest BCUT2D eigenvalue weighted by molar-refractivity contribution is 5.85. The molecule has 9 heteroatoms. The largest absolute Gasteiger partial charge is 0.322 e. The second-order valence-corrected chi connectivity index (χ2v) is 5.74. The number of hydrogen-bond acceptors (Lipinski definition) is 4. The number of hydrogen-bond donors (Lipinski definition) is 0. The van der Waals surface area contributed by atoms with E-state index in [1.165, 1.54) is 6.07 Å². The van der Waals surface area contributed by atoms with Crippen LogP contribution in [-0.4, -0.2) is 29.1 Å². The number of rotatable bonds is 5. The summed E-state index contributed by atoms with van der Waals surface area (Å²) in [6.45, 7) is 3.41. The van der Waals surface area contributed by atoms with Crippen LogP contribution in [-0.2, 0) is 13.1 Å². The average Bonchev–Trinajstić information content (AvgIpc) is 3.21. The molecule has 0 aliphatic rings. The first-order chi connectivity index (χ1) is 12.3. The predicted octanol–water partition coefficient (Wildman–Crippen LogP) is 4.13. The van der Waals surface area contributed by atoms with Gasteiger partial charge in [-0.05, 0) is 30.7 Å². The van der Waals surface area contributed by atoms with Gasteiger partial charge < -0.3 is 9.13 Å². The molecule has 0 unspecified atom stereocenters. The van der Waals surface area contributed by atoms with Crippen LogP contribution in [0, 0.1) is 5.82 Å². The lowest BCUT2D eigenvalue weighted by Crippen LogP contribution is -2.10. The standard InChI is InChI=1S/C18H17FN6.2ClH/c1-2-10-25-15(23-14-6-4-8-21-17(14)25)12-24-11-9-22-18(24)16-13(19)5-3-7-20-16;;/h3-9,11H,2,10,12H2,1H3;2*1H. The number of pyridine rings is 2. The molecule has 0 aromatic carbocycles. The van der Waals surface area contributed by atoms with Crippen molar-refractivity contribution >= 4 is 36.0 Å². The Balaban J connectivity index is 0.00000131. The molecule has 0 amide bonds. The fourth-order valence-electron chi connectivity index (χ4n) is 2.94. The Labute approximate surface area is 168 Å². The van der Waals surface area contributed by atoms with Crippen molar-refractivity contribution in [1.82, 2.24) is 29.1 Å². The number of aryl methyl sites for hydroxylation is 1. The first-order valence-electron chi connectivity index (χ1n) is 8.20. The van der Waals surface area contributed by atoms with E-state index in [1.54, 1.807) is 24.7 Å². The van der Waals surface area contributed by atoms with Crippen LogP contribution in [0.25, 0.3) is 22.7 Å². The number of imidazole rings is 2. The normalized spacial score (nSPS) is 10.4. The highest BCUT2D eigenvalue weighted by Crippen LogP contribution is 2.21. The molecular weight excluding hydrogens is 390 g/mol. The SMILES string of the molecule is CCCn1c(Cn2ccnc2-c2ncccc2F)nc2cccnc21.Cl.Cl. The summed E-state index contributed by atoms with van der Waals surface area (Å²) in [5, 5.41) is 0. The third kappa shape index (κ3) is 3.94. The van der Waals surface area contributed by atoms with E-state index in [0.717, 1.165) is 30.0 Å². The van der Waals surface area contributed by atoms with Crippen LogP contribution in [0.2, 0.25) is 0 Å². The van der Waals surface area contributed by atoms with Gasteiger partial charge in [-0.25, -0.2) is 24.3 Å². The van der Waals surface area contributed by atoms with Crippen LogP contribution in [0.15, 0.2) is 49.1 Å². The van der Waals surface area contributed by atoms with Crippen molar-refractivity contribution in [2.75, 3.05) is 0 Å². The van der Waals surface area contributed by atoms with E-state index in [0.29, 0.717) is 12.4 Å². The lowest BCUT2D eigenvalue weighted by Gasteiger charge is -2.10. The monoisotopic (exact) mass is 408 g/mol. The molecule has 4 aromatic heterocycles. The second kappa shape index (κ2) is 8.92. The van der Waals surface area contributed by atoms with Crippen LogP contribution >= 0.6 is 24.8 Å². The van der Waals surface area contributed by atoms with Crippen LogP contribution < -0.4 is 0 Å². The summed E-state index contributed by atoms with van der Waals surface area (Å²) in [5.74, 6) is 0.964. The van der Waals surface area contributed by atoms with Crippen molar-refractivity contribution in [3.05, 3.63) is 60.7 Å². The van der Waals surface area contributed by atoms with Gasteiger partial charge in [0.1, 0.15) is 17.0 Å². The van der Waals surface area contributed by atoms with Gasteiger partial charge in [-0.3, -0.25) is 0 Å². The van der Waals surface area contributed by atoms with Gasteiger partial charge in [0.25, 0.3) is 0 Å². The van der Waals surface area contributed by atoms with Gasteiger partial charge in [0.15, 0.2) is 17.3 Å². The summed E-state index contributed by atoms with van der Waals surface area (Å²) < 4.78 is 18.1. The first kappa shape index (κ1) is 20.8. The molecule has 27 heavy (non-hydrogen) atoms. The van der Waals surface area contributed by atoms with E-state index in [9.17, 15) is 4.39 Å². The number of nitrogens with zero attached hydrogens (tertiary/aromatic N) is 6. The highest BCUT2D eigenvalue weighted by Gasteiger charge is 2.16. The fraction of sp³-hybridized carbons (Fsp3) is 0.222. The van der Waals surface area contributed by atoms with E-state index in [-0.39, 0.29) is 30.5 Å². The van der Waals surface area contributed by atoms with Gasteiger partial charge in [-0.2, -0.15) is 0 Å². The Kier molecular flexibility index (Phi) is 6.87. The molecule has 0 spiro atoms. The summed E-state index contributed by atoms with van der Waals surface area (Å²) in [7, 11) is 0. The smallest absolute Gasteiger partial charge is 0.162 e. The van der Waals surface area contributed by atoms with Gasteiger partial charge in [0, 0.05) is 31.3 Å². The molecule has 0 saturated carbocycles. The minimum absolute atomic E-state index is 0. The summed E-state index contributed by atoms with van der Waals surface area (Å²) in [5.41, 5.74) is 1.96. The maximum Gasteiger partial charge on any atom is 0.162 e. The lowest BCUT2D eigenvalue weighted by molar-refractivity contribution is 0.611. The third-order valence-electron chi connectivity index (χ3n) is 4.03. The topological polar surface area (TPSA) is 61.4 Å². The van der Waals surface area contributed by atoms with E-state index in [1.807, 2.05) is 22.9 Å². The molecule has 0 atom stereocenters. The number of aromatic nitrogens is 6. The van der Waals surface area contributed by atoms with Gasteiger partial charge in [-0.15, -0.1) is 24.8 Å². The van der Waals surface area contributed by atoms with Gasteiger partial charge in [-0.1, -0.05) is 6.92 Å². The van der Waals surface area contributed by atoms with E-state index < -0.39 is 5.82 Å². The zero-order chi connectivity index (χ0) is 17.2.